The molecule has 110 valence electrons. The van der Waals surface area contributed by atoms with E-state index >= 15 is 0 Å². The molecule has 0 aliphatic carbocycles. The second-order valence-electron chi connectivity index (χ2n) is 6.24. The van der Waals surface area contributed by atoms with Crippen molar-refractivity contribution in [2.24, 2.45) is 0 Å². The minimum atomic E-state index is 0.360. The Kier molecular flexibility index (Phi) is 4.58. The Bertz CT molecular complexity index is 412. The third kappa shape index (κ3) is 3.53. The number of likely N-dealkylation sites (tertiary alicyclic amines) is 1. The van der Waals surface area contributed by atoms with Crippen LogP contribution in [0.25, 0.3) is 0 Å². The van der Waals surface area contributed by atoms with Gasteiger partial charge in [0.2, 0.25) is 0 Å². The van der Waals surface area contributed by atoms with Crippen LogP contribution in [0, 0.1) is 0 Å². The molecular formula is C17H26N2O. The Labute approximate surface area is 122 Å². The number of ether oxygens (including phenoxy) is 1. The van der Waals surface area contributed by atoms with E-state index in [4.69, 9.17) is 4.74 Å². The second kappa shape index (κ2) is 6.59. The molecular weight excluding hydrogens is 248 g/mol. The molecule has 3 nitrogen and oxygen atoms in total. The highest BCUT2D eigenvalue weighted by Crippen LogP contribution is 2.27. The predicted octanol–water partition coefficient (Wildman–Crippen LogP) is 2.63. The molecule has 2 saturated heterocycles. The first-order chi connectivity index (χ1) is 9.81. The maximum atomic E-state index is 6.11. The van der Waals surface area contributed by atoms with Crippen molar-refractivity contribution >= 4 is 0 Å². The van der Waals surface area contributed by atoms with Gasteiger partial charge in [0.15, 0.2) is 0 Å². The van der Waals surface area contributed by atoms with Crippen LogP contribution < -0.4 is 10.1 Å². The molecule has 2 heterocycles. The van der Waals surface area contributed by atoms with E-state index in [0.717, 1.165) is 31.3 Å². The molecule has 2 aliphatic rings. The topological polar surface area (TPSA) is 24.5 Å². The number of piperidine rings is 2. The van der Waals surface area contributed by atoms with Gasteiger partial charge in [-0.05, 0) is 76.0 Å². The van der Waals surface area contributed by atoms with E-state index in [1.54, 1.807) is 0 Å². The maximum absolute atomic E-state index is 6.11. The Morgan fingerprint density at radius 3 is 2.55 bits per heavy atom. The first-order valence-electron chi connectivity index (χ1n) is 7.97. The van der Waals surface area contributed by atoms with Crippen molar-refractivity contribution in [1.29, 1.82) is 0 Å². The van der Waals surface area contributed by atoms with Gasteiger partial charge in [-0.15, -0.1) is 0 Å². The smallest absolute Gasteiger partial charge is 0.119 e. The normalized spacial score (nSPS) is 25.6. The molecule has 3 rings (SSSR count). The lowest BCUT2D eigenvalue weighted by Crippen LogP contribution is -2.38. The van der Waals surface area contributed by atoms with Crippen molar-refractivity contribution in [3.05, 3.63) is 29.8 Å². The minimum absolute atomic E-state index is 0.360. The van der Waals surface area contributed by atoms with Gasteiger partial charge >= 0.3 is 0 Å². The zero-order valence-corrected chi connectivity index (χ0v) is 12.5. The summed E-state index contributed by atoms with van der Waals surface area (Å²) in [5.74, 6) is 1.76. The lowest BCUT2D eigenvalue weighted by molar-refractivity contribution is 0.104. The zero-order chi connectivity index (χ0) is 13.8. The van der Waals surface area contributed by atoms with Crippen LogP contribution in [0.15, 0.2) is 24.3 Å². The van der Waals surface area contributed by atoms with Gasteiger partial charge in [0.05, 0.1) is 0 Å². The van der Waals surface area contributed by atoms with Gasteiger partial charge in [0, 0.05) is 6.54 Å². The standard InChI is InChI=1S/C17H26N2O/c1-19-12-2-3-17(13-19)20-16-6-4-14(5-7-16)15-8-10-18-11-9-15/h4-7,15,17-18H,2-3,8-13H2,1H3. The molecule has 1 aromatic carbocycles. The average molecular weight is 274 g/mol. The lowest BCUT2D eigenvalue weighted by atomic mass is 9.90. The number of nitrogens with one attached hydrogen (secondary N) is 1. The SMILES string of the molecule is CN1CCCC(Oc2ccc(C3CCNCC3)cc2)C1. The van der Waals surface area contributed by atoms with E-state index < -0.39 is 0 Å². The maximum Gasteiger partial charge on any atom is 0.119 e. The lowest BCUT2D eigenvalue weighted by Gasteiger charge is -2.30. The highest BCUT2D eigenvalue weighted by atomic mass is 16.5. The molecule has 2 fully saturated rings. The summed E-state index contributed by atoms with van der Waals surface area (Å²) in [6, 6.07) is 8.84. The Balaban J connectivity index is 1.58. The van der Waals surface area contributed by atoms with Gasteiger partial charge in [-0.2, -0.15) is 0 Å². The van der Waals surface area contributed by atoms with Crippen LogP contribution in [0.4, 0.5) is 0 Å². The Hall–Kier alpha value is -1.06. The fourth-order valence-electron chi connectivity index (χ4n) is 3.38. The van der Waals surface area contributed by atoms with Gasteiger partial charge in [-0.25, -0.2) is 0 Å². The molecule has 1 atom stereocenters. The molecule has 0 saturated carbocycles. The molecule has 0 radical (unpaired) electrons. The highest BCUT2D eigenvalue weighted by Gasteiger charge is 2.19. The molecule has 2 aliphatic heterocycles. The summed E-state index contributed by atoms with van der Waals surface area (Å²) in [6.45, 7) is 4.55. The third-order valence-corrected chi connectivity index (χ3v) is 4.57. The van der Waals surface area contributed by atoms with Crippen molar-refractivity contribution in [3.63, 3.8) is 0 Å². The van der Waals surface area contributed by atoms with Crippen LogP contribution >= 0.6 is 0 Å². The molecule has 3 heteroatoms. The molecule has 0 spiro atoms. The van der Waals surface area contributed by atoms with E-state index in [0.29, 0.717) is 6.10 Å². The summed E-state index contributed by atoms with van der Waals surface area (Å²) in [5.41, 5.74) is 1.47. The molecule has 20 heavy (non-hydrogen) atoms. The summed E-state index contributed by atoms with van der Waals surface area (Å²) in [5, 5.41) is 3.42. The van der Waals surface area contributed by atoms with Crippen molar-refractivity contribution in [3.8, 4) is 5.75 Å². The summed E-state index contributed by atoms with van der Waals surface area (Å²) in [7, 11) is 2.18. The van der Waals surface area contributed by atoms with Crippen LogP contribution in [0.5, 0.6) is 5.75 Å². The highest BCUT2D eigenvalue weighted by molar-refractivity contribution is 5.30. The zero-order valence-electron chi connectivity index (χ0n) is 12.5. The third-order valence-electron chi connectivity index (χ3n) is 4.57. The monoisotopic (exact) mass is 274 g/mol. The quantitative estimate of drug-likeness (QED) is 0.917. The van der Waals surface area contributed by atoms with Crippen LogP contribution in [0.1, 0.15) is 37.2 Å². The number of hydrogen-bond donors (Lipinski definition) is 1. The van der Waals surface area contributed by atoms with Gasteiger partial charge in [-0.3, -0.25) is 0 Å². The number of hydrogen-bond acceptors (Lipinski definition) is 3. The number of rotatable bonds is 3. The summed E-state index contributed by atoms with van der Waals surface area (Å²) in [4.78, 5) is 2.36. The number of benzene rings is 1. The Morgan fingerprint density at radius 2 is 1.85 bits per heavy atom. The molecule has 1 N–H and O–H groups in total. The van der Waals surface area contributed by atoms with Crippen molar-refractivity contribution in [2.75, 3.05) is 33.2 Å². The number of likely N-dealkylation sites (N-methyl/N-ethyl adjacent to an activating group) is 1. The van der Waals surface area contributed by atoms with Crippen molar-refractivity contribution in [2.45, 2.75) is 37.7 Å². The van der Waals surface area contributed by atoms with Gasteiger partial charge in [0.1, 0.15) is 11.9 Å². The van der Waals surface area contributed by atoms with Crippen molar-refractivity contribution in [1.82, 2.24) is 10.2 Å². The van der Waals surface area contributed by atoms with E-state index in [9.17, 15) is 0 Å². The summed E-state index contributed by atoms with van der Waals surface area (Å²) >= 11 is 0. The summed E-state index contributed by atoms with van der Waals surface area (Å²) < 4.78 is 6.11. The fraction of sp³-hybridized carbons (Fsp3) is 0.647. The van der Waals surface area contributed by atoms with Crippen LogP contribution in [0.2, 0.25) is 0 Å². The first-order valence-corrected chi connectivity index (χ1v) is 7.97. The molecule has 1 unspecified atom stereocenters. The van der Waals surface area contributed by atoms with E-state index in [-0.39, 0.29) is 0 Å². The largest absolute Gasteiger partial charge is 0.489 e. The van der Waals surface area contributed by atoms with Gasteiger partial charge in [0.25, 0.3) is 0 Å². The fourth-order valence-corrected chi connectivity index (χ4v) is 3.38. The van der Waals surface area contributed by atoms with Gasteiger partial charge < -0.3 is 15.0 Å². The molecule has 1 aromatic rings. The van der Waals surface area contributed by atoms with Crippen LogP contribution in [-0.4, -0.2) is 44.2 Å². The summed E-state index contributed by atoms with van der Waals surface area (Å²) in [6.07, 6.45) is 5.30. The minimum Gasteiger partial charge on any atom is -0.489 e. The molecule has 0 aromatic heterocycles. The van der Waals surface area contributed by atoms with E-state index in [1.807, 2.05) is 0 Å². The first kappa shape index (κ1) is 13.9. The Morgan fingerprint density at radius 1 is 1.10 bits per heavy atom. The van der Waals surface area contributed by atoms with E-state index in [1.165, 1.54) is 37.8 Å². The molecule has 0 bridgehead atoms. The van der Waals surface area contributed by atoms with E-state index in [2.05, 4.69) is 41.5 Å². The van der Waals surface area contributed by atoms with Crippen molar-refractivity contribution < 1.29 is 4.74 Å². The average Bonchev–Trinajstić information content (AvgIpc) is 2.49. The van der Waals surface area contributed by atoms with Crippen LogP contribution in [0.3, 0.4) is 0 Å². The molecule has 0 amide bonds. The second-order valence-corrected chi connectivity index (χ2v) is 6.24. The predicted molar refractivity (Wildman–Crippen MR) is 82.4 cm³/mol. The number of nitrogens with zero attached hydrogens (tertiary/aromatic N) is 1. The van der Waals surface area contributed by atoms with Gasteiger partial charge in [-0.1, -0.05) is 12.1 Å². The van der Waals surface area contributed by atoms with Crippen LogP contribution in [-0.2, 0) is 0 Å².